The van der Waals surface area contributed by atoms with Gasteiger partial charge in [0.1, 0.15) is 6.04 Å². The fraction of sp³-hybridized carbons (Fsp3) is 0.375. The van der Waals surface area contributed by atoms with Gasteiger partial charge in [-0.1, -0.05) is 40.9 Å². The van der Waals surface area contributed by atoms with Crippen molar-refractivity contribution in [3.8, 4) is 0 Å². The first-order valence-corrected chi connectivity index (χ1v) is 13.3. The second-order valence-corrected chi connectivity index (χ2v) is 10.4. The highest BCUT2D eigenvalue weighted by atomic mass is 35.5. The zero-order valence-corrected chi connectivity index (χ0v) is 22.7. The number of sulfonamides is 1. The van der Waals surface area contributed by atoms with E-state index in [9.17, 15) is 22.8 Å². The monoisotopic (exact) mass is 558 g/mol. The highest BCUT2D eigenvalue weighted by Crippen LogP contribution is 2.37. The van der Waals surface area contributed by atoms with Gasteiger partial charge in [0, 0.05) is 13.5 Å². The molecule has 1 unspecified atom stereocenters. The maximum Gasteiger partial charge on any atom is 0.328 e. The molecule has 0 saturated carbocycles. The lowest BCUT2D eigenvalue weighted by Crippen LogP contribution is -2.42. The Bertz CT molecular complexity index is 1220. The molecule has 0 radical (unpaired) electrons. The lowest BCUT2D eigenvalue weighted by molar-refractivity contribution is -0.146. The minimum atomic E-state index is -3.95. The summed E-state index contributed by atoms with van der Waals surface area (Å²) in [5, 5.41) is 2.13. The first-order valence-electron chi connectivity index (χ1n) is 11.1. The van der Waals surface area contributed by atoms with Crippen LogP contribution in [0, 0.1) is 6.92 Å². The lowest BCUT2D eigenvalue weighted by Gasteiger charge is -2.22. The van der Waals surface area contributed by atoms with Gasteiger partial charge in [-0.3, -0.25) is 13.9 Å². The predicted molar refractivity (Wildman–Crippen MR) is 137 cm³/mol. The number of carbonyl (C=O) groups is 3. The molecule has 0 saturated heterocycles. The van der Waals surface area contributed by atoms with E-state index in [-0.39, 0.29) is 52.2 Å². The van der Waals surface area contributed by atoms with Crippen LogP contribution in [0.15, 0.2) is 41.3 Å². The Hall–Kier alpha value is -2.82. The number of halogens is 2. The molecule has 0 bridgehead atoms. The number of anilines is 1. The summed E-state index contributed by atoms with van der Waals surface area (Å²) in [5.74, 6) is -2.00. The van der Waals surface area contributed by atoms with Gasteiger partial charge >= 0.3 is 11.9 Å². The molecule has 2 aromatic carbocycles. The Labute approximate surface area is 220 Å². The van der Waals surface area contributed by atoms with Crippen LogP contribution in [-0.4, -0.2) is 52.6 Å². The third-order valence-corrected chi connectivity index (χ3v) is 7.80. The van der Waals surface area contributed by atoms with Crippen LogP contribution in [0.5, 0.6) is 0 Å². The average Bonchev–Trinajstić information content (AvgIpc) is 2.83. The largest absolute Gasteiger partial charge is 0.466 e. The summed E-state index contributed by atoms with van der Waals surface area (Å²) in [7, 11) is -2.64. The van der Waals surface area contributed by atoms with Crippen molar-refractivity contribution in [3.63, 3.8) is 0 Å². The van der Waals surface area contributed by atoms with Gasteiger partial charge in [0.15, 0.2) is 0 Å². The molecular weight excluding hydrogens is 531 g/mol. The van der Waals surface area contributed by atoms with Crippen molar-refractivity contribution in [2.45, 2.75) is 44.6 Å². The van der Waals surface area contributed by atoms with Crippen LogP contribution in [0.3, 0.4) is 0 Å². The number of hydrogen-bond donors (Lipinski definition) is 1. The smallest absolute Gasteiger partial charge is 0.328 e. The van der Waals surface area contributed by atoms with Crippen molar-refractivity contribution in [1.29, 1.82) is 0 Å². The van der Waals surface area contributed by atoms with Crippen molar-refractivity contribution in [3.05, 3.63) is 57.6 Å². The Morgan fingerprint density at radius 2 is 1.58 bits per heavy atom. The number of esters is 2. The van der Waals surface area contributed by atoms with Gasteiger partial charge < -0.3 is 14.8 Å². The van der Waals surface area contributed by atoms with Gasteiger partial charge in [-0.2, -0.15) is 0 Å². The van der Waals surface area contributed by atoms with Crippen molar-refractivity contribution >= 4 is 56.8 Å². The number of benzene rings is 2. The Morgan fingerprint density at radius 1 is 0.972 bits per heavy atom. The van der Waals surface area contributed by atoms with E-state index in [4.69, 9.17) is 32.7 Å². The van der Waals surface area contributed by atoms with E-state index >= 15 is 0 Å². The zero-order valence-electron chi connectivity index (χ0n) is 20.3. The molecule has 12 heteroatoms. The third-order valence-electron chi connectivity index (χ3n) is 5.14. The van der Waals surface area contributed by atoms with E-state index in [0.717, 1.165) is 9.87 Å². The first-order chi connectivity index (χ1) is 16.9. The summed E-state index contributed by atoms with van der Waals surface area (Å²) in [5.41, 5.74) is 0.872. The zero-order chi connectivity index (χ0) is 27.0. The highest BCUT2D eigenvalue weighted by Gasteiger charge is 2.28. The number of amides is 1. The van der Waals surface area contributed by atoms with Crippen molar-refractivity contribution < 1.29 is 32.3 Å². The molecule has 0 aliphatic rings. The minimum Gasteiger partial charge on any atom is -0.466 e. The number of nitrogens with zero attached hydrogens (tertiary/aromatic N) is 1. The topological polar surface area (TPSA) is 119 Å². The summed E-state index contributed by atoms with van der Waals surface area (Å²) in [4.78, 5) is 37.0. The summed E-state index contributed by atoms with van der Waals surface area (Å²) < 4.78 is 36.9. The Morgan fingerprint density at radius 3 is 2.17 bits per heavy atom. The molecular formula is C24H28Cl2N2O7S. The fourth-order valence-electron chi connectivity index (χ4n) is 3.18. The van der Waals surface area contributed by atoms with Gasteiger partial charge in [0.05, 0.1) is 39.4 Å². The van der Waals surface area contributed by atoms with Crippen LogP contribution in [0.2, 0.25) is 10.0 Å². The summed E-state index contributed by atoms with van der Waals surface area (Å²) >= 11 is 12.7. The normalized spacial score (nSPS) is 11.9. The van der Waals surface area contributed by atoms with Gasteiger partial charge in [-0.05, 0) is 51.5 Å². The predicted octanol–water partition coefficient (Wildman–Crippen LogP) is 4.13. The quantitative estimate of drug-likeness (QED) is 0.411. The highest BCUT2D eigenvalue weighted by molar-refractivity contribution is 7.92. The number of carbonyl (C=O) groups excluding carboxylic acids is 3. The van der Waals surface area contributed by atoms with Gasteiger partial charge in [-0.15, -0.1) is 0 Å². The molecule has 1 N–H and O–H groups in total. The number of ether oxygens (including phenoxy) is 2. The molecule has 0 spiro atoms. The second kappa shape index (κ2) is 12.9. The van der Waals surface area contributed by atoms with E-state index in [1.54, 1.807) is 26.0 Å². The fourth-order valence-corrected chi connectivity index (χ4v) is 4.97. The number of nitrogens with one attached hydrogen (secondary N) is 1. The molecule has 1 atom stereocenters. The molecule has 2 aromatic rings. The van der Waals surface area contributed by atoms with Crippen molar-refractivity contribution in [2.75, 3.05) is 24.6 Å². The molecule has 2 rings (SSSR count). The van der Waals surface area contributed by atoms with Crippen LogP contribution in [0.25, 0.3) is 0 Å². The number of hydrogen-bond acceptors (Lipinski definition) is 7. The summed E-state index contributed by atoms with van der Waals surface area (Å²) in [6, 6.07) is 7.80. The maximum atomic E-state index is 13.0. The standard InChI is InChI=1S/C24H28Cl2N2O7S/c1-5-34-20(29)14-12-18(24(31)35-6-2)27-23(30)17-11-13-19(22(26)21(17)25)28(4)36(32,33)16-9-7-15(3)8-10-16/h7-11,13,18H,5-6,12,14H2,1-4H3,(H,27,30). The average molecular weight is 559 g/mol. The van der Waals surface area contributed by atoms with Crippen molar-refractivity contribution in [1.82, 2.24) is 5.32 Å². The maximum absolute atomic E-state index is 13.0. The Kier molecular flexibility index (Phi) is 10.6. The molecule has 0 fully saturated rings. The van der Waals surface area contributed by atoms with Crippen LogP contribution in [0.4, 0.5) is 5.69 Å². The molecule has 36 heavy (non-hydrogen) atoms. The SMILES string of the molecule is CCOC(=O)CCC(NC(=O)c1ccc(N(C)S(=O)(=O)c2ccc(C)cc2)c(Cl)c1Cl)C(=O)OCC. The van der Waals surface area contributed by atoms with E-state index < -0.39 is 33.9 Å². The second-order valence-electron chi connectivity index (χ2n) is 7.67. The molecule has 0 aliphatic heterocycles. The van der Waals surface area contributed by atoms with E-state index in [2.05, 4.69) is 5.32 Å². The minimum absolute atomic E-state index is 0.0512. The molecule has 0 heterocycles. The van der Waals surface area contributed by atoms with Crippen LogP contribution >= 0.6 is 23.2 Å². The van der Waals surface area contributed by atoms with Gasteiger partial charge in [-0.25, -0.2) is 13.2 Å². The van der Waals surface area contributed by atoms with Crippen LogP contribution in [0.1, 0.15) is 42.6 Å². The van der Waals surface area contributed by atoms with E-state index in [0.29, 0.717) is 0 Å². The van der Waals surface area contributed by atoms with Crippen LogP contribution in [-0.2, 0) is 29.1 Å². The van der Waals surface area contributed by atoms with Crippen LogP contribution < -0.4 is 9.62 Å². The number of rotatable bonds is 11. The number of aryl methyl sites for hydroxylation is 1. The summed E-state index contributed by atoms with van der Waals surface area (Å²) in [6.45, 7) is 5.36. The molecule has 9 nitrogen and oxygen atoms in total. The van der Waals surface area contributed by atoms with E-state index in [1.165, 1.54) is 31.3 Å². The third kappa shape index (κ3) is 7.11. The molecule has 0 aromatic heterocycles. The van der Waals surface area contributed by atoms with E-state index in [1.807, 2.05) is 6.92 Å². The lowest BCUT2D eigenvalue weighted by atomic mass is 10.1. The molecule has 196 valence electrons. The van der Waals surface area contributed by atoms with Gasteiger partial charge in [0.25, 0.3) is 15.9 Å². The molecule has 1 amide bonds. The molecule has 0 aliphatic carbocycles. The van der Waals surface area contributed by atoms with Crippen molar-refractivity contribution in [2.24, 2.45) is 0 Å². The van der Waals surface area contributed by atoms with Gasteiger partial charge in [0.2, 0.25) is 0 Å². The summed E-state index contributed by atoms with van der Waals surface area (Å²) in [6.07, 6.45) is -0.170. The first kappa shape index (κ1) is 29.4. The Balaban J connectivity index is 2.29.